The van der Waals surface area contributed by atoms with Gasteiger partial charge in [0.2, 0.25) is 0 Å². The summed E-state index contributed by atoms with van der Waals surface area (Å²) < 4.78 is 7.31. The minimum absolute atomic E-state index is 0.293. The van der Waals surface area contributed by atoms with Crippen molar-refractivity contribution in [1.29, 1.82) is 0 Å². The minimum atomic E-state index is 0.293. The average molecular weight is 459 g/mol. The number of ether oxygens (including phenoxy) is 1. The predicted molar refractivity (Wildman–Crippen MR) is 135 cm³/mol. The van der Waals surface area contributed by atoms with Crippen LogP contribution in [-0.4, -0.2) is 55.9 Å². The number of hydrogen-bond acceptors (Lipinski definition) is 5. The number of nitrogens with zero attached hydrogens (tertiary/aromatic N) is 5. The highest BCUT2D eigenvalue weighted by molar-refractivity contribution is 5.76. The van der Waals surface area contributed by atoms with Crippen LogP contribution in [0.5, 0.6) is 5.75 Å². The number of rotatable bonds is 6. The number of hydrogen-bond donors (Lipinski definition) is 1. The Bertz CT molecular complexity index is 1260. The van der Waals surface area contributed by atoms with E-state index in [0.29, 0.717) is 29.3 Å². The van der Waals surface area contributed by atoms with Crippen LogP contribution in [0.25, 0.3) is 28.2 Å². The lowest BCUT2D eigenvalue weighted by Crippen LogP contribution is -2.37. The zero-order chi connectivity index (χ0) is 23.8. The Hall–Kier alpha value is -3.19. The maximum atomic E-state index is 5.57. The molecule has 7 nitrogen and oxygen atoms in total. The maximum absolute atomic E-state index is 5.57. The fourth-order valence-electron chi connectivity index (χ4n) is 5.20. The van der Waals surface area contributed by atoms with E-state index in [0.717, 1.165) is 17.0 Å². The fraction of sp³-hybridized carbons (Fsp3) is 0.444. The van der Waals surface area contributed by atoms with Crippen LogP contribution in [0.1, 0.15) is 63.5 Å². The summed E-state index contributed by atoms with van der Waals surface area (Å²) in [5.74, 6) is 1.62. The van der Waals surface area contributed by atoms with Crippen molar-refractivity contribution in [3.05, 3.63) is 54.0 Å². The molecule has 0 unspecified atom stereocenters. The van der Waals surface area contributed by atoms with E-state index >= 15 is 0 Å². The van der Waals surface area contributed by atoms with Crippen LogP contribution in [-0.2, 0) is 0 Å². The molecule has 5 rings (SSSR count). The molecule has 1 aliphatic heterocycles. The number of fused-ring (bicyclic) bond motifs is 1. The molecule has 4 heterocycles. The van der Waals surface area contributed by atoms with E-state index in [9.17, 15) is 0 Å². The maximum Gasteiger partial charge on any atom is 0.197 e. The number of piperidine rings is 1. The van der Waals surface area contributed by atoms with Crippen molar-refractivity contribution in [1.82, 2.24) is 29.7 Å². The summed E-state index contributed by atoms with van der Waals surface area (Å²) in [6.07, 6.45) is 5.96. The molecular formula is C27H34N6O. The number of nitrogens with one attached hydrogen (secondary N) is 1. The Kier molecular flexibility index (Phi) is 6.13. The van der Waals surface area contributed by atoms with Gasteiger partial charge in [-0.1, -0.05) is 38.1 Å². The van der Waals surface area contributed by atoms with Crippen LogP contribution in [0.15, 0.2) is 42.9 Å². The molecule has 1 aliphatic rings. The Morgan fingerprint density at radius 3 is 2.41 bits per heavy atom. The first-order valence-electron chi connectivity index (χ1n) is 12.3. The van der Waals surface area contributed by atoms with Crippen molar-refractivity contribution < 1.29 is 4.74 Å². The van der Waals surface area contributed by atoms with Gasteiger partial charge < -0.3 is 9.64 Å². The number of benzene rings is 1. The number of aromatic nitrogens is 5. The van der Waals surface area contributed by atoms with Gasteiger partial charge in [0.05, 0.1) is 18.5 Å². The first-order valence-corrected chi connectivity index (χ1v) is 12.3. The normalized spacial score (nSPS) is 15.6. The van der Waals surface area contributed by atoms with E-state index < -0.39 is 0 Å². The second-order valence-electron chi connectivity index (χ2n) is 9.87. The third-order valence-corrected chi connectivity index (χ3v) is 7.15. The number of likely N-dealkylation sites (tertiary alicyclic amines) is 1. The van der Waals surface area contributed by atoms with E-state index in [1.165, 1.54) is 48.9 Å². The van der Waals surface area contributed by atoms with Crippen molar-refractivity contribution in [3.8, 4) is 28.3 Å². The van der Waals surface area contributed by atoms with Crippen LogP contribution in [0.3, 0.4) is 0 Å². The van der Waals surface area contributed by atoms with Crippen molar-refractivity contribution in [2.45, 2.75) is 58.4 Å². The quantitative estimate of drug-likeness (QED) is 0.413. The van der Waals surface area contributed by atoms with Crippen LogP contribution in [0.2, 0.25) is 0 Å². The second-order valence-corrected chi connectivity index (χ2v) is 9.87. The van der Waals surface area contributed by atoms with Crippen LogP contribution < -0.4 is 4.74 Å². The van der Waals surface area contributed by atoms with E-state index in [4.69, 9.17) is 9.84 Å². The highest BCUT2D eigenvalue weighted by atomic mass is 16.5. The highest BCUT2D eigenvalue weighted by Crippen LogP contribution is 2.38. The molecule has 1 saturated heterocycles. The predicted octanol–water partition coefficient (Wildman–Crippen LogP) is 5.51. The van der Waals surface area contributed by atoms with Gasteiger partial charge in [-0.25, -0.2) is 9.50 Å². The van der Waals surface area contributed by atoms with E-state index in [1.807, 2.05) is 12.3 Å². The molecule has 0 aliphatic carbocycles. The molecule has 0 radical (unpaired) electrons. The molecule has 0 spiro atoms. The summed E-state index contributed by atoms with van der Waals surface area (Å²) in [5.41, 5.74) is 7.45. The Balaban J connectivity index is 1.45. The number of H-pyrrole nitrogens is 1. The molecule has 0 atom stereocenters. The third-order valence-electron chi connectivity index (χ3n) is 7.15. The first kappa shape index (κ1) is 22.6. The number of aromatic amines is 1. The number of methoxy groups -OCH3 is 1. The van der Waals surface area contributed by atoms with E-state index in [-0.39, 0.29) is 0 Å². The van der Waals surface area contributed by atoms with Gasteiger partial charge in [0, 0.05) is 23.4 Å². The molecule has 0 saturated carbocycles. The molecule has 1 fully saturated rings. The molecule has 1 N–H and O–H groups in total. The molecule has 7 heteroatoms. The smallest absolute Gasteiger partial charge is 0.197 e. The van der Waals surface area contributed by atoms with Gasteiger partial charge in [0.1, 0.15) is 6.33 Å². The summed E-state index contributed by atoms with van der Waals surface area (Å²) in [4.78, 5) is 6.87. The number of pyridine rings is 1. The van der Waals surface area contributed by atoms with Gasteiger partial charge in [-0.2, -0.15) is 10.2 Å². The lowest BCUT2D eigenvalue weighted by atomic mass is 9.87. The lowest BCUT2D eigenvalue weighted by molar-refractivity contribution is 0.172. The minimum Gasteiger partial charge on any atom is -0.493 e. The molecule has 3 aromatic heterocycles. The van der Waals surface area contributed by atoms with Crippen molar-refractivity contribution in [2.75, 3.05) is 20.2 Å². The largest absolute Gasteiger partial charge is 0.493 e. The summed E-state index contributed by atoms with van der Waals surface area (Å²) in [5, 5.41) is 12.4. The van der Waals surface area contributed by atoms with Crippen LogP contribution >= 0.6 is 0 Å². The zero-order valence-corrected chi connectivity index (χ0v) is 20.7. The van der Waals surface area contributed by atoms with Crippen LogP contribution in [0.4, 0.5) is 0 Å². The highest BCUT2D eigenvalue weighted by Gasteiger charge is 2.23. The Morgan fingerprint density at radius 2 is 1.76 bits per heavy atom. The van der Waals surface area contributed by atoms with E-state index in [2.05, 4.69) is 72.0 Å². The summed E-state index contributed by atoms with van der Waals surface area (Å²) in [6.45, 7) is 11.4. The van der Waals surface area contributed by atoms with Gasteiger partial charge in [0.25, 0.3) is 0 Å². The van der Waals surface area contributed by atoms with Gasteiger partial charge in [-0.15, -0.1) is 0 Å². The Labute approximate surface area is 201 Å². The van der Waals surface area contributed by atoms with Crippen molar-refractivity contribution in [2.24, 2.45) is 0 Å². The fourth-order valence-corrected chi connectivity index (χ4v) is 5.20. The van der Waals surface area contributed by atoms with Crippen molar-refractivity contribution >= 4 is 5.65 Å². The topological polar surface area (TPSA) is 71.3 Å². The SMILES string of the molecule is COc1cc(-c2n[nH]c(-c3ccc(C4CCN(C(C)C)CC4)cc3)c2C(C)C)cn2ncnc12. The lowest BCUT2D eigenvalue weighted by Gasteiger charge is -2.34. The van der Waals surface area contributed by atoms with Gasteiger partial charge in [0.15, 0.2) is 11.4 Å². The first-order chi connectivity index (χ1) is 16.5. The summed E-state index contributed by atoms with van der Waals surface area (Å²) in [6, 6.07) is 11.7. The summed E-state index contributed by atoms with van der Waals surface area (Å²) in [7, 11) is 1.65. The zero-order valence-electron chi connectivity index (χ0n) is 20.7. The molecule has 4 aromatic rings. The molecule has 34 heavy (non-hydrogen) atoms. The molecule has 1 aromatic carbocycles. The monoisotopic (exact) mass is 458 g/mol. The average Bonchev–Trinajstić information content (AvgIpc) is 3.51. The van der Waals surface area contributed by atoms with E-state index in [1.54, 1.807) is 11.6 Å². The van der Waals surface area contributed by atoms with Crippen LogP contribution in [0, 0.1) is 0 Å². The Morgan fingerprint density at radius 1 is 1.03 bits per heavy atom. The summed E-state index contributed by atoms with van der Waals surface area (Å²) >= 11 is 0. The molecular weight excluding hydrogens is 424 g/mol. The van der Waals surface area contributed by atoms with Gasteiger partial charge >= 0.3 is 0 Å². The molecule has 0 bridgehead atoms. The second kappa shape index (κ2) is 9.22. The molecule has 178 valence electrons. The molecule has 0 amide bonds. The third kappa shape index (κ3) is 4.09. The van der Waals surface area contributed by atoms with Gasteiger partial charge in [-0.05, 0) is 68.8 Å². The van der Waals surface area contributed by atoms with Crippen molar-refractivity contribution in [3.63, 3.8) is 0 Å². The standard InChI is InChI=1S/C27H34N6O/c1-17(2)24-25(21-8-6-19(7-9-21)20-10-12-32(13-11-20)18(3)4)30-31-26(24)22-14-23(34-5)27-28-16-29-33(27)15-22/h6-9,14-18,20H,10-13H2,1-5H3,(H,30,31). The van der Waals surface area contributed by atoms with Gasteiger partial charge in [-0.3, -0.25) is 5.10 Å².